The molecule has 2 aromatic rings. The van der Waals surface area contributed by atoms with E-state index in [0.717, 1.165) is 37.2 Å². The van der Waals surface area contributed by atoms with Crippen LogP contribution in [-0.2, 0) is 17.9 Å². The number of carbonyl (C=O) groups excluding carboxylic acids is 1. The largest absolute Gasteiger partial charge is 0.352 e. The van der Waals surface area contributed by atoms with Crippen molar-refractivity contribution in [2.45, 2.75) is 25.9 Å². The van der Waals surface area contributed by atoms with Gasteiger partial charge in [-0.1, -0.05) is 28.2 Å². The number of nitrogens with one attached hydrogen (secondary N) is 1. The molecule has 1 aromatic heterocycles. The van der Waals surface area contributed by atoms with Crippen LogP contribution in [0.1, 0.15) is 24.1 Å². The molecule has 128 valence electrons. The maximum atomic E-state index is 12.9. The second kappa shape index (κ2) is 8.00. The summed E-state index contributed by atoms with van der Waals surface area (Å²) in [4.78, 5) is 14.5. The molecule has 1 fully saturated rings. The molecule has 0 atom stereocenters. The van der Waals surface area contributed by atoms with Gasteiger partial charge in [-0.15, -0.1) is 5.10 Å². The van der Waals surface area contributed by atoms with E-state index in [2.05, 4.69) is 19.8 Å². The summed E-state index contributed by atoms with van der Waals surface area (Å²) in [6.45, 7) is 2.78. The minimum atomic E-state index is -0.270. The first-order valence-electron chi connectivity index (χ1n) is 7.83. The molecule has 1 aromatic carbocycles. The number of rotatable bonds is 5. The minimum absolute atomic E-state index is 0.0192. The molecule has 0 aliphatic carbocycles. The van der Waals surface area contributed by atoms with Crippen LogP contribution < -0.4 is 5.32 Å². The van der Waals surface area contributed by atoms with Crippen LogP contribution in [0, 0.1) is 11.7 Å². The quantitative estimate of drug-likeness (QED) is 0.881. The number of halogens is 2. The van der Waals surface area contributed by atoms with Crippen LogP contribution >= 0.6 is 23.1 Å². The van der Waals surface area contributed by atoms with Crippen molar-refractivity contribution in [3.05, 3.63) is 45.7 Å². The van der Waals surface area contributed by atoms with Crippen LogP contribution in [-0.4, -0.2) is 33.5 Å². The smallest absolute Gasteiger partial charge is 0.223 e. The summed E-state index contributed by atoms with van der Waals surface area (Å²) in [6, 6.07) is 6.17. The molecule has 5 nitrogen and oxygen atoms in total. The van der Waals surface area contributed by atoms with Gasteiger partial charge in [0.05, 0.1) is 0 Å². The van der Waals surface area contributed by atoms with E-state index in [1.54, 1.807) is 12.1 Å². The Balaban J connectivity index is 1.43. The highest BCUT2D eigenvalue weighted by molar-refractivity contribution is 7.10. The van der Waals surface area contributed by atoms with Crippen LogP contribution in [0.5, 0.6) is 0 Å². The van der Waals surface area contributed by atoms with Gasteiger partial charge in [-0.05, 0) is 43.6 Å². The Bertz CT molecular complexity index is 686. The van der Waals surface area contributed by atoms with E-state index in [1.165, 1.54) is 23.7 Å². The molecule has 1 aliphatic rings. The van der Waals surface area contributed by atoms with E-state index in [9.17, 15) is 9.18 Å². The number of hydrogen-bond acceptors (Lipinski definition) is 5. The summed E-state index contributed by atoms with van der Waals surface area (Å²) in [7, 11) is 0. The van der Waals surface area contributed by atoms with Crippen LogP contribution in [0.2, 0.25) is 4.34 Å². The van der Waals surface area contributed by atoms with Gasteiger partial charge in [0, 0.05) is 30.5 Å². The molecule has 0 spiro atoms. The van der Waals surface area contributed by atoms with Gasteiger partial charge in [0.15, 0.2) is 0 Å². The van der Waals surface area contributed by atoms with Gasteiger partial charge >= 0.3 is 0 Å². The van der Waals surface area contributed by atoms with E-state index in [-0.39, 0.29) is 17.6 Å². The topological polar surface area (TPSA) is 58.1 Å². The van der Waals surface area contributed by atoms with Gasteiger partial charge in [0.25, 0.3) is 0 Å². The molecule has 1 amide bonds. The zero-order chi connectivity index (χ0) is 16.9. The average Bonchev–Trinajstić information content (AvgIpc) is 3.00. The van der Waals surface area contributed by atoms with Crippen molar-refractivity contribution in [3.63, 3.8) is 0 Å². The van der Waals surface area contributed by atoms with E-state index in [0.29, 0.717) is 17.4 Å². The first-order chi connectivity index (χ1) is 11.6. The Labute approximate surface area is 149 Å². The summed E-state index contributed by atoms with van der Waals surface area (Å²) in [5, 5.41) is 6.96. The average molecular weight is 369 g/mol. The van der Waals surface area contributed by atoms with Gasteiger partial charge in [-0.25, -0.2) is 4.39 Å². The number of piperidine rings is 1. The molecule has 8 heteroatoms. The second-order valence-corrected chi connectivity index (χ2v) is 7.24. The van der Waals surface area contributed by atoms with Gasteiger partial charge in [-0.3, -0.25) is 9.69 Å². The number of benzene rings is 1. The predicted octanol–water partition coefficient (Wildman–Crippen LogP) is 2.86. The van der Waals surface area contributed by atoms with E-state index < -0.39 is 0 Å². The van der Waals surface area contributed by atoms with E-state index in [4.69, 9.17) is 11.6 Å². The highest BCUT2D eigenvalue weighted by Crippen LogP contribution is 2.23. The Morgan fingerprint density at radius 1 is 1.33 bits per heavy atom. The fraction of sp³-hybridized carbons (Fsp3) is 0.438. The Morgan fingerprint density at radius 3 is 2.67 bits per heavy atom. The zero-order valence-corrected chi connectivity index (χ0v) is 14.6. The Morgan fingerprint density at radius 2 is 2.04 bits per heavy atom. The molecule has 0 saturated carbocycles. The van der Waals surface area contributed by atoms with Crippen molar-refractivity contribution < 1.29 is 9.18 Å². The summed E-state index contributed by atoms with van der Waals surface area (Å²) in [5.74, 6) is -0.189. The standard InChI is InChI=1S/C16H18ClFN4OS/c17-15-14(20-21-24-15)10-22-7-5-12(6-8-22)16(23)19-9-11-1-3-13(18)4-2-11/h1-4,12H,5-10H2,(H,19,23). The maximum Gasteiger partial charge on any atom is 0.223 e. The second-order valence-electron chi connectivity index (χ2n) is 5.89. The highest BCUT2D eigenvalue weighted by atomic mass is 35.5. The summed E-state index contributed by atoms with van der Waals surface area (Å²) >= 11 is 7.22. The molecular weight excluding hydrogens is 351 g/mol. The van der Waals surface area contributed by atoms with Crippen LogP contribution in [0.15, 0.2) is 24.3 Å². The third kappa shape index (κ3) is 4.49. The fourth-order valence-corrected chi connectivity index (χ4v) is 3.40. The Hall–Kier alpha value is -1.57. The first-order valence-corrected chi connectivity index (χ1v) is 8.98. The van der Waals surface area contributed by atoms with Crippen molar-refractivity contribution in [2.75, 3.05) is 13.1 Å². The molecular formula is C16H18ClFN4OS. The fourth-order valence-electron chi connectivity index (χ4n) is 2.79. The van der Waals surface area contributed by atoms with E-state index >= 15 is 0 Å². The van der Waals surface area contributed by atoms with Crippen molar-refractivity contribution >= 4 is 29.0 Å². The van der Waals surface area contributed by atoms with Crippen LogP contribution in [0.25, 0.3) is 0 Å². The van der Waals surface area contributed by atoms with Crippen LogP contribution in [0.4, 0.5) is 4.39 Å². The highest BCUT2D eigenvalue weighted by Gasteiger charge is 2.25. The lowest BCUT2D eigenvalue weighted by molar-refractivity contribution is -0.126. The number of nitrogens with zero attached hydrogens (tertiary/aromatic N) is 3. The minimum Gasteiger partial charge on any atom is -0.352 e. The van der Waals surface area contributed by atoms with Gasteiger partial charge in [-0.2, -0.15) is 0 Å². The lowest BCUT2D eigenvalue weighted by Gasteiger charge is -2.30. The molecule has 1 aliphatic heterocycles. The normalized spacial score (nSPS) is 16.2. The van der Waals surface area contributed by atoms with Gasteiger partial charge < -0.3 is 5.32 Å². The van der Waals surface area contributed by atoms with Crippen molar-refractivity contribution in [1.82, 2.24) is 19.8 Å². The predicted molar refractivity (Wildman–Crippen MR) is 91.2 cm³/mol. The van der Waals surface area contributed by atoms with Crippen molar-refractivity contribution in [2.24, 2.45) is 5.92 Å². The molecule has 0 bridgehead atoms. The van der Waals surface area contributed by atoms with Gasteiger partial charge in [0.1, 0.15) is 15.8 Å². The zero-order valence-electron chi connectivity index (χ0n) is 13.0. The molecule has 0 unspecified atom stereocenters. The number of hydrogen-bond donors (Lipinski definition) is 1. The number of amides is 1. The van der Waals surface area contributed by atoms with Crippen LogP contribution in [0.3, 0.4) is 0 Å². The summed E-state index contributed by atoms with van der Waals surface area (Å²) in [6.07, 6.45) is 1.62. The molecule has 1 saturated heterocycles. The van der Waals surface area contributed by atoms with E-state index in [1.807, 2.05) is 0 Å². The third-order valence-corrected chi connectivity index (χ3v) is 5.21. The molecule has 3 rings (SSSR count). The van der Waals surface area contributed by atoms with Gasteiger partial charge in [0.2, 0.25) is 5.91 Å². The third-order valence-electron chi connectivity index (χ3n) is 4.22. The molecule has 2 heterocycles. The SMILES string of the molecule is O=C(NCc1ccc(F)cc1)C1CCN(Cc2nnsc2Cl)CC1. The van der Waals surface area contributed by atoms with Crippen molar-refractivity contribution in [1.29, 1.82) is 0 Å². The molecule has 1 N–H and O–H groups in total. The maximum absolute atomic E-state index is 12.9. The summed E-state index contributed by atoms with van der Waals surface area (Å²) < 4.78 is 17.3. The lowest BCUT2D eigenvalue weighted by atomic mass is 9.95. The van der Waals surface area contributed by atoms with Crippen molar-refractivity contribution in [3.8, 4) is 0 Å². The number of aromatic nitrogens is 2. The first kappa shape index (κ1) is 17.3. The number of carbonyl (C=O) groups is 1. The summed E-state index contributed by atoms with van der Waals surface area (Å²) in [5.41, 5.74) is 1.70. The monoisotopic (exact) mass is 368 g/mol. The lowest BCUT2D eigenvalue weighted by Crippen LogP contribution is -2.40. The number of likely N-dealkylation sites (tertiary alicyclic amines) is 1. The Kier molecular flexibility index (Phi) is 5.76. The molecule has 24 heavy (non-hydrogen) atoms. The molecule has 0 radical (unpaired) electrons.